The Balaban J connectivity index is 1.73. The van der Waals surface area contributed by atoms with E-state index < -0.39 is 17.5 Å². The Kier molecular flexibility index (Phi) is 5.27. The molecule has 2 aliphatic rings. The Morgan fingerprint density at radius 2 is 1.85 bits per heavy atom. The standard InChI is InChI=1S/C19H25N3O4/c1-3-4-14-5-7-15(8-6-14)19(2)17(24)22(18(25)20-19)13-16(23)21-9-11-26-12-10-21/h5-8H,3-4,9-13H2,1-2H3,(H,20,25)/t19-/m0/s1. The van der Waals surface area contributed by atoms with Crippen LogP contribution in [0.3, 0.4) is 0 Å². The number of nitrogens with zero attached hydrogens (tertiary/aromatic N) is 2. The van der Waals surface area contributed by atoms with Crippen molar-refractivity contribution in [3.8, 4) is 0 Å². The molecule has 0 aliphatic carbocycles. The zero-order valence-electron chi connectivity index (χ0n) is 15.3. The smallest absolute Gasteiger partial charge is 0.325 e. The van der Waals surface area contributed by atoms with Crippen LogP contribution in [0.1, 0.15) is 31.4 Å². The molecule has 2 fully saturated rings. The number of carbonyl (C=O) groups excluding carboxylic acids is 3. The van der Waals surface area contributed by atoms with Crippen molar-refractivity contribution in [3.05, 3.63) is 35.4 Å². The highest BCUT2D eigenvalue weighted by Gasteiger charge is 2.49. The number of amides is 4. The number of hydrogen-bond donors (Lipinski definition) is 1. The van der Waals surface area contributed by atoms with Crippen molar-refractivity contribution in [2.24, 2.45) is 0 Å². The number of rotatable bonds is 5. The molecule has 1 atom stereocenters. The lowest BCUT2D eigenvalue weighted by molar-refractivity contribution is -0.141. The van der Waals surface area contributed by atoms with E-state index in [2.05, 4.69) is 12.2 Å². The first-order valence-electron chi connectivity index (χ1n) is 9.04. The number of benzene rings is 1. The number of hydrogen-bond acceptors (Lipinski definition) is 4. The van der Waals surface area contributed by atoms with Crippen molar-refractivity contribution in [2.45, 2.75) is 32.2 Å². The highest BCUT2D eigenvalue weighted by molar-refractivity contribution is 6.09. The lowest BCUT2D eigenvalue weighted by Crippen LogP contribution is -2.47. The Bertz CT molecular complexity index is 697. The molecule has 0 spiro atoms. The fraction of sp³-hybridized carbons (Fsp3) is 0.526. The van der Waals surface area contributed by atoms with Crippen LogP contribution < -0.4 is 5.32 Å². The average molecular weight is 359 g/mol. The van der Waals surface area contributed by atoms with Crippen molar-refractivity contribution in [2.75, 3.05) is 32.8 Å². The summed E-state index contributed by atoms with van der Waals surface area (Å²) in [6.07, 6.45) is 2.02. The van der Waals surface area contributed by atoms with Gasteiger partial charge in [0.1, 0.15) is 12.1 Å². The molecule has 1 aromatic carbocycles. The molecule has 0 bridgehead atoms. The van der Waals surface area contributed by atoms with Gasteiger partial charge in [-0.05, 0) is 24.5 Å². The van der Waals surface area contributed by atoms with E-state index in [1.165, 1.54) is 5.56 Å². The van der Waals surface area contributed by atoms with E-state index in [0.29, 0.717) is 26.3 Å². The zero-order valence-corrected chi connectivity index (χ0v) is 15.3. The number of nitrogens with one attached hydrogen (secondary N) is 1. The topological polar surface area (TPSA) is 79.0 Å². The van der Waals surface area contributed by atoms with E-state index in [1.54, 1.807) is 11.8 Å². The van der Waals surface area contributed by atoms with Gasteiger partial charge in [-0.15, -0.1) is 0 Å². The van der Waals surface area contributed by atoms with Gasteiger partial charge in [-0.2, -0.15) is 0 Å². The first-order chi connectivity index (χ1) is 12.5. The van der Waals surface area contributed by atoms with E-state index in [0.717, 1.165) is 23.3 Å². The van der Waals surface area contributed by atoms with Gasteiger partial charge in [-0.1, -0.05) is 37.6 Å². The maximum absolute atomic E-state index is 12.9. The van der Waals surface area contributed by atoms with E-state index in [-0.39, 0.29) is 12.5 Å². The molecular weight excluding hydrogens is 334 g/mol. The van der Waals surface area contributed by atoms with Crippen molar-refractivity contribution >= 4 is 17.8 Å². The fourth-order valence-corrected chi connectivity index (χ4v) is 3.38. The fourth-order valence-electron chi connectivity index (χ4n) is 3.38. The van der Waals surface area contributed by atoms with Gasteiger partial charge in [0, 0.05) is 13.1 Å². The molecule has 4 amide bonds. The molecule has 2 saturated heterocycles. The minimum Gasteiger partial charge on any atom is -0.378 e. The molecule has 7 heteroatoms. The maximum Gasteiger partial charge on any atom is 0.325 e. The number of carbonyl (C=O) groups is 3. The minimum atomic E-state index is -1.15. The van der Waals surface area contributed by atoms with Crippen molar-refractivity contribution in [3.63, 3.8) is 0 Å². The van der Waals surface area contributed by atoms with Gasteiger partial charge >= 0.3 is 6.03 Å². The molecule has 2 heterocycles. The molecule has 0 unspecified atom stereocenters. The molecule has 140 valence electrons. The van der Waals surface area contributed by atoms with Gasteiger partial charge in [0.15, 0.2) is 0 Å². The highest BCUT2D eigenvalue weighted by Crippen LogP contribution is 2.29. The summed E-state index contributed by atoms with van der Waals surface area (Å²) in [5, 5.41) is 2.75. The quantitative estimate of drug-likeness (QED) is 0.803. The zero-order chi connectivity index (χ0) is 18.7. The summed E-state index contributed by atoms with van der Waals surface area (Å²) in [7, 11) is 0. The van der Waals surface area contributed by atoms with Gasteiger partial charge in [-0.3, -0.25) is 14.5 Å². The molecule has 1 aromatic rings. The van der Waals surface area contributed by atoms with Crippen molar-refractivity contribution < 1.29 is 19.1 Å². The Hall–Kier alpha value is -2.41. The normalized spacial score (nSPS) is 23.3. The molecule has 0 aromatic heterocycles. The van der Waals surface area contributed by atoms with Crippen LogP contribution in [0.2, 0.25) is 0 Å². The molecule has 2 aliphatic heterocycles. The summed E-state index contributed by atoms with van der Waals surface area (Å²) in [6, 6.07) is 7.17. The first kappa shape index (κ1) is 18.4. The molecule has 7 nitrogen and oxygen atoms in total. The van der Waals surface area contributed by atoms with Crippen molar-refractivity contribution in [1.82, 2.24) is 15.1 Å². The van der Waals surface area contributed by atoms with E-state index in [4.69, 9.17) is 4.74 Å². The summed E-state index contributed by atoms with van der Waals surface area (Å²) < 4.78 is 5.23. The van der Waals surface area contributed by atoms with Crippen LogP contribution >= 0.6 is 0 Å². The Labute approximate surface area is 153 Å². The molecule has 3 rings (SSSR count). The Morgan fingerprint density at radius 1 is 1.19 bits per heavy atom. The largest absolute Gasteiger partial charge is 0.378 e. The number of aryl methyl sites for hydroxylation is 1. The number of urea groups is 1. The number of imide groups is 1. The lowest BCUT2D eigenvalue weighted by Gasteiger charge is -2.28. The monoisotopic (exact) mass is 359 g/mol. The Morgan fingerprint density at radius 3 is 2.46 bits per heavy atom. The summed E-state index contributed by atoms with van der Waals surface area (Å²) in [6.45, 7) is 5.48. The SMILES string of the molecule is CCCc1ccc([C@]2(C)NC(=O)N(CC(=O)N3CCOCC3)C2=O)cc1. The van der Waals surface area contributed by atoms with Crippen LogP contribution in [0.25, 0.3) is 0 Å². The molecular formula is C19H25N3O4. The summed E-state index contributed by atoms with van der Waals surface area (Å²) in [5.41, 5.74) is 0.764. The highest BCUT2D eigenvalue weighted by atomic mass is 16.5. The van der Waals surface area contributed by atoms with Gasteiger partial charge in [0.25, 0.3) is 5.91 Å². The third kappa shape index (κ3) is 3.44. The lowest BCUT2D eigenvalue weighted by atomic mass is 9.91. The second-order valence-corrected chi connectivity index (χ2v) is 6.89. The predicted octanol–water partition coefficient (Wildman–Crippen LogP) is 1.26. The number of ether oxygens (including phenoxy) is 1. The third-order valence-corrected chi connectivity index (χ3v) is 5.00. The van der Waals surface area contributed by atoms with E-state index in [9.17, 15) is 14.4 Å². The predicted molar refractivity (Wildman–Crippen MR) is 95.4 cm³/mol. The summed E-state index contributed by atoms with van der Waals surface area (Å²) in [5.74, 6) is -0.633. The second-order valence-electron chi connectivity index (χ2n) is 6.89. The van der Waals surface area contributed by atoms with Crippen LogP contribution in [0.5, 0.6) is 0 Å². The van der Waals surface area contributed by atoms with Gasteiger partial charge in [-0.25, -0.2) is 4.79 Å². The van der Waals surface area contributed by atoms with Gasteiger partial charge in [0.2, 0.25) is 5.91 Å². The van der Waals surface area contributed by atoms with Crippen LogP contribution in [-0.2, 0) is 26.3 Å². The average Bonchev–Trinajstić information content (AvgIpc) is 2.87. The third-order valence-electron chi connectivity index (χ3n) is 5.00. The summed E-state index contributed by atoms with van der Waals surface area (Å²) in [4.78, 5) is 40.3. The molecule has 0 saturated carbocycles. The molecule has 0 radical (unpaired) electrons. The van der Waals surface area contributed by atoms with E-state index in [1.807, 2.05) is 24.3 Å². The maximum atomic E-state index is 12.9. The van der Waals surface area contributed by atoms with Crippen LogP contribution in [0, 0.1) is 0 Å². The van der Waals surface area contributed by atoms with E-state index >= 15 is 0 Å². The van der Waals surface area contributed by atoms with Crippen LogP contribution in [-0.4, -0.2) is 60.5 Å². The molecule has 26 heavy (non-hydrogen) atoms. The first-order valence-corrected chi connectivity index (χ1v) is 9.04. The second kappa shape index (κ2) is 7.45. The van der Waals surface area contributed by atoms with Crippen LogP contribution in [0.15, 0.2) is 24.3 Å². The molecule has 1 N–H and O–H groups in total. The van der Waals surface area contributed by atoms with Crippen LogP contribution in [0.4, 0.5) is 4.79 Å². The summed E-state index contributed by atoms with van der Waals surface area (Å²) >= 11 is 0. The minimum absolute atomic E-state index is 0.237. The van der Waals surface area contributed by atoms with Gasteiger partial charge < -0.3 is 15.0 Å². The van der Waals surface area contributed by atoms with Crippen molar-refractivity contribution in [1.29, 1.82) is 0 Å². The van der Waals surface area contributed by atoms with Gasteiger partial charge in [0.05, 0.1) is 13.2 Å². The number of morpholine rings is 1.